The van der Waals surface area contributed by atoms with Gasteiger partial charge < -0.3 is 4.90 Å². The van der Waals surface area contributed by atoms with Crippen LogP contribution in [-0.2, 0) is 6.54 Å². The van der Waals surface area contributed by atoms with Gasteiger partial charge in [-0.25, -0.2) is 4.98 Å². The first-order valence-corrected chi connectivity index (χ1v) is 7.27. The summed E-state index contributed by atoms with van der Waals surface area (Å²) in [4.78, 5) is 10.6. The smallest absolute Gasteiger partial charge is 0.224 e. The van der Waals surface area contributed by atoms with Crippen LogP contribution in [0.1, 0.15) is 5.56 Å². The van der Waals surface area contributed by atoms with Crippen LogP contribution in [-0.4, -0.2) is 17.0 Å². The van der Waals surface area contributed by atoms with E-state index in [1.165, 1.54) is 0 Å². The fourth-order valence-corrected chi connectivity index (χ4v) is 2.65. The highest BCUT2D eigenvalue weighted by Gasteiger charge is 2.12. The molecule has 3 nitrogen and oxygen atoms in total. The molecule has 0 amide bonds. The molecule has 106 valence electrons. The van der Waals surface area contributed by atoms with E-state index < -0.39 is 0 Å². The van der Waals surface area contributed by atoms with Crippen LogP contribution in [0.5, 0.6) is 0 Å². The summed E-state index contributed by atoms with van der Waals surface area (Å²) in [7, 11) is 1.97. The topological polar surface area (TPSA) is 29.0 Å². The fraction of sp³-hybridized carbons (Fsp3) is 0.125. The highest BCUT2D eigenvalue weighted by atomic mass is 35.5. The maximum Gasteiger partial charge on any atom is 0.224 e. The van der Waals surface area contributed by atoms with Crippen LogP contribution in [0.15, 0.2) is 48.5 Å². The molecule has 0 aliphatic heterocycles. The number of hydrogen-bond acceptors (Lipinski definition) is 3. The van der Waals surface area contributed by atoms with Crippen LogP contribution in [0.2, 0.25) is 10.3 Å². The number of aromatic nitrogens is 2. The molecule has 0 aliphatic carbocycles. The summed E-state index contributed by atoms with van der Waals surface area (Å²) in [5.41, 5.74) is 1.87. The molecule has 0 aliphatic rings. The third-order valence-corrected chi connectivity index (χ3v) is 3.82. The van der Waals surface area contributed by atoms with E-state index in [0.29, 0.717) is 6.54 Å². The maximum absolute atomic E-state index is 6.22. The molecule has 3 rings (SSSR count). The summed E-state index contributed by atoms with van der Waals surface area (Å²) in [5.74, 6) is 0.797. The first kappa shape index (κ1) is 14.1. The van der Waals surface area contributed by atoms with E-state index >= 15 is 0 Å². The molecule has 0 bridgehead atoms. The summed E-state index contributed by atoms with van der Waals surface area (Å²) >= 11 is 12.2. The van der Waals surface area contributed by atoms with Gasteiger partial charge in [-0.1, -0.05) is 41.9 Å². The number of para-hydroxylation sites is 1. The van der Waals surface area contributed by atoms with E-state index in [2.05, 4.69) is 9.97 Å². The van der Waals surface area contributed by atoms with Crippen molar-refractivity contribution in [2.75, 3.05) is 11.9 Å². The SMILES string of the molecule is CN(Cc1ccccc1Cl)c1nc(Cl)nc2ccccc12. The molecule has 0 saturated carbocycles. The molecule has 0 fully saturated rings. The van der Waals surface area contributed by atoms with Crippen LogP contribution < -0.4 is 4.90 Å². The quantitative estimate of drug-likeness (QED) is 0.662. The zero-order valence-electron chi connectivity index (χ0n) is 11.4. The van der Waals surface area contributed by atoms with Gasteiger partial charge in [-0.3, -0.25) is 0 Å². The molecular weight excluding hydrogens is 305 g/mol. The van der Waals surface area contributed by atoms with Crippen molar-refractivity contribution in [1.82, 2.24) is 9.97 Å². The van der Waals surface area contributed by atoms with Crippen molar-refractivity contribution in [3.8, 4) is 0 Å². The van der Waals surface area contributed by atoms with E-state index in [-0.39, 0.29) is 5.28 Å². The van der Waals surface area contributed by atoms with E-state index in [1.807, 2.05) is 60.5 Å². The molecule has 1 aromatic heterocycles. The van der Waals surface area contributed by atoms with Crippen LogP contribution in [0, 0.1) is 0 Å². The molecule has 0 saturated heterocycles. The highest BCUT2D eigenvalue weighted by molar-refractivity contribution is 6.31. The molecule has 5 heteroatoms. The highest BCUT2D eigenvalue weighted by Crippen LogP contribution is 2.26. The van der Waals surface area contributed by atoms with Gasteiger partial charge in [0.2, 0.25) is 5.28 Å². The van der Waals surface area contributed by atoms with Crippen molar-refractivity contribution in [2.24, 2.45) is 0 Å². The largest absolute Gasteiger partial charge is 0.355 e. The normalized spacial score (nSPS) is 10.8. The summed E-state index contributed by atoms with van der Waals surface area (Å²) in [6.45, 7) is 0.650. The van der Waals surface area contributed by atoms with Gasteiger partial charge in [-0.2, -0.15) is 4.98 Å². The van der Waals surface area contributed by atoms with Gasteiger partial charge >= 0.3 is 0 Å². The lowest BCUT2D eigenvalue weighted by Crippen LogP contribution is -2.18. The van der Waals surface area contributed by atoms with Crippen molar-refractivity contribution in [1.29, 1.82) is 0 Å². The molecule has 0 spiro atoms. The van der Waals surface area contributed by atoms with Crippen LogP contribution in [0.3, 0.4) is 0 Å². The number of rotatable bonds is 3. The second-order valence-electron chi connectivity index (χ2n) is 4.78. The van der Waals surface area contributed by atoms with Gasteiger partial charge in [0.15, 0.2) is 0 Å². The third kappa shape index (κ3) is 2.94. The van der Waals surface area contributed by atoms with Gasteiger partial charge in [0.05, 0.1) is 5.52 Å². The van der Waals surface area contributed by atoms with E-state index in [4.69, 9.17) is 23.2 Å². The Morgan fingerprint density at radius 3 is 2.48 bits per heavy atom. The minimum absolute atomic E-state index is 0.245. The number of halogens is 2. The fourth-order valence-electron chi connectivity index (χ4n) is 2.28. The Bertz CT molecular complexity index is 789. The lowest BCUT2D eigenvalue weighted by Gasteiger charge is -2.20. The molecule has 0 unspecified atom stereocenters. The zero-order valence-corrected chi connectivity index (χ0v) is 12.9. The predicted octanol–water partition coefficient (Wildman–Crippen LogP) is 4.57. The minimum atomic E-state index is 0.245. The molecular formula is C16H13Cl2N3. The Kier molecular flexibility index (Phi) is 3.95. The van der Waals surface area contributed by atoms with Crippen molar-refractivity contribution in [3.05, 3.63) is 64.4 Å². The van der Waals surface area contributed by atoms with Crippen molar-refractivity contribution in [3.63, 3.8) is 0 Å². The minimum Gasteiger partial charge on any atom is -0.355 e. The average molecular weight is 318 g/mol. The maximum atomic E-state index is 6.22. The second kappa shape index (κ2) is 5.88. The Labute approximate surface area is 133 Å². The molecule has 1 heterocycles. The Hall–Kier alpha value is -1.84. The number of hydrogen-bond donors (Lipinski definition) is 0. The third-order valence-electron chi connectivity index (χ3n) is 3.28. The summed E-state index contributed by atoms with van der Waals surface area (Å²) < 4.78 is 0. The van der Waals surface area contributed by atoms with Crippen molar-refractivity contribution in [2.45, 2.75) is 6.54 Å². The molecule has 0 radical (unpaired) electrons. The van der Waals surface area contributed by atoms with Crippen LogP contribution >= 0.6 is 23.2 Å². The Morgan fingerprint density at radius 1 is 0.952 bits per heavy atom. The molecule has 0 N–H and O–H groups in total. The number of fused-ring (bicyclic) bond motifs is 1. The van der Waals surface area contributed by atoms with Gasteiger partial charge in [0, 0.05) is 24.0 Å². The monoisotopic (exact) mass is 317 g/mol. The molecule has 3 aromatic rings. The summed E-state index contributed by atoms with van der Waals surface area (Å²) in [6, 6.07) is 15.6. The Morgan fingerprint density at radius 2 is 1.67 bits per heavy atom. The first-order valence-electron chi connectivity index (χ1n) is 6.52. The molecule has 0 atom stereocenters. The lowest BCUT2D eigenvalue weighted by atomic mass is 10.2. The molecule has 2 aromatic carbocycles. The molecule has 21 heavy (non-hydrogen) atoms. The van der Waals surface area contributed by atoms with Gasteiger partial charge in [0.1, 0.15) is 5.82 Å². The van der Waals surface area contributed by atoms with Crippen molar-refractivity contribution < 1.29 is 0 Å². The van der Waals surface area contributed by atoms with Crippen LogP contribution in [0.25, 0.3) is 10.9 Å². The summed E-state index contributed by atoms with van der Waals surface area (Å²) in [6.07, 6.45) is 0. The number of nitrogens with zero attached hydrogens (tertiary/aromatic N) is 3. The average Bonchev–Trinajstić information content (AvgIpc) is 2.48. The van der Waals surface area contributed by atoms with E-state index in [0.717, 1.165) is 27.3 Å². The Balaban J connectivity index is 2.02. The number of benzene rings is 2. The van der Waals surface area contributed by atoms with Crippen molar-refractivity contribution >= 4 is 39.9 Å². The van der Waals surface area contributed by atoms with Gasteiger partial charge in [-0.05, 0) is 35.4 Å². The lowest BCUT2D eigenvalue weighted by molar-refractivity contribution is 0.900. The zero-order chi connectivity index (χ0) is 14.8. The first-order chi connectivity index (χ1) is 10.1. The summed E-state index contributed by atoms with van der Waals surface area (Å²) in [5, 5.41) is 1.96. The van der Waals surface area contributed by atoms with Gasteiger partial charge in [0.25, 0.3) is 0 Å². The predicted molar refractivity (Wildman–Crippen MR) is 88.1 cm³/mol. The van der Waals surface area contributed by atoms with E-state index in [9.17, 15) is 0 Å². The van der Waals surface area contributed by atoms with Gasteiger partial charge in [-0.15, -0.1) is 0 Å². The van der Waals surface area contributed by atoms with Crippen LogP contribution in [0.4, 0.5) is 5.82 Å². The second-order valence-corrected chi connectivity index (χ2v) is 5.53. The van der Waals surface area contributed by atoms with E-state index in [1.54, 1.807) is 0 Å². The number of anilines is 1. The standard InChI is InChI=1S/C16H13Cl2N3/c1-21(10-11-6-2-4-8-13(11)17)15-12-7-3-5-9-14(12)19-16(18)20-15/h2-9H,10H2,1H3.